The third-order valence-corrected chi connectivity index (χ3v) is 3.41. The summed E-state index contributed by atoms with van der Waals surface area (Å²) >= 11 is 12.1. The van der Waals surface area contributed by atoms with Crippen molar-refractivity contribution in [1.29, 1.82) is 0 Å². The lowest BCUT2D eigenvalue weighted by Gasteiger charge is -2.09. The minimum absolute atomic E-state index is 0.0284. The van der Waals surface area contributed by atoms with Crippen molar-refractivity contribution in [3.05, 3.63) is 63.6 Å². The van der Waals surface area contributed by atoms with E-state index in [1.54, 1.807) is 42.5 Å². The Morgan fingerprint density at radius 2 is 1.63 bits per heavy atom. The maximum absolute atomic E-state index is 11.1. The molecule has 2 nitrogen and oxygen atoms in total. The van der Waals surface area contributed by atoms with Crippen molar-refractivity contribution in [3.63, 3.8) is 0 Å². The van der Waals surface area contributed by atoms with Crippen LogP contribution in [0.3, 0.4) is 0 Å². The third-order valence-electron chi connectivity index (χ3n) is 2.71. The van der Waals surface area contributed by atoms with Gasteiger partial charge in [0, 0.05) is 21.2 Å². The molecule has 0 bridgehead atoms. The fourth-order valence-electron chi connectivity index (χ4n) is 1.61. The number of ether oxygens (including phenoxy) is 1. The molecular weight excluding hydrogens is 283 g/mol. The lowest BCUT2D eigenvalue weighted by Crippen LogP contribution is -1.98. The van der Waals surface area contributed by atoms with Crippen molar-refractivity contribution >= 4 is 29.0 Å². The highest BCUT2D eigenvalue weighted by Crippen LogP contribution is 2.25. The van der Waals surface area contributed by atoms with Gasteiger partial charge in [0.2, 0.25) is 0 Å². The lowest BCUT2D eigenvalue weighted by atomic mass is 10.1. The summed E-state index contributed by atoms with van der Waals surface area (Å²) < 4.78 is 5.61. The highest BCUT2D eigenvalue weighted by molar-refractivity contribution is 6.35. The van der Waals surface area contributed by atoms with Gasteiger partial charge in [-0.1, -0.05) is 29.3 Å². The van der Waals surface area contributed by atoms with Gasteiger partial charge >= 0.3 is 0 Å². The van der Waals surface area contributed by atoms with Crippen LogP contribution in [0.2, 0.25) is 10.0 Å². The SMILES string of the molecule is CC(=O)c1ccc(OCc2c(Cl)cccc2Cl)cc1. The molecule has 19 heavy (non-hydrogen) atoms. The van der Waals surface area contributed by atoms with Gasteiger partial charge in [-0.3, -0.25) is 4.79 Å². The molecule has 0 unspecified atom stereocenters. The van der Waals surface area contributed by atoms with Gasteiger partial charge in [0.25, 0.3) is 0 Å². The summed E-state index contributed by atoms with van der Waals surface area (Å²) in [6.45, 7) is 1.82. The Morgan fingerprint density at radius 3 is 2.16 bits per heavy atom. The van der Waals surface area contributed by atoms with Gasteiger partial charge in [0.15, 0.2) is 5.78 Å². The Hall–Kier alpha value is -1.51. The predicted molar refractivity (Wildman–Crippen MR) is 77.2 cm³/mol. The molecule has 0 aliphatic carbocycles. The molecular formula is C15H12Cl2O2. The quantitative estimate of drug-likeness (QED) is 0.759. The molecule has 98 valence electrons. The van der Waals surface area contributed by atoms with Gasteiger partial charge in [-0.2, -0.15) is 0 Å². The summed E-state index contributed by atoms with van der Waals surface area (Å²) in [4.78, 5) is 11.1. The van der Waals surface area contributed by atoms with E-state index in [0.717, 1.165) is 5.56 Å². The van der Waals surface area contributed by atoms with Gasteiger partial charge < -0.3 is 4.74 Å². The first-order valence-corrected chi connectivity index (χ1v) is 6.50. The molecule has 0 atom stereocenters. The molecule has 2 aromatic carbocycles. The fraction of sp³-hybridized carbons (Fsp3) is 0.133. The van der Waals surface area contributed by atoms with Crippen molar-refractivity contribution in [2.75, 3.05) is 0 Å². The molecule has 0 saturated heterocycles. The van der Waals surface area contributed by atoms with Crippen LogP contribution in [-0.4, -0.2) is 5.78 Å². The minimum atomic E-state index is 0.0284. The number of carbonyl (C=O) groups excluding carboxylic acids is 1. The molecule has 0 saturated carbocycles. The predicted octanol–water partition coefficient (Wildman–Crippen LogP) is 4.78. The van der Waals surface area contributed by atoms with E-state index in [2.05, 4.69) is 0 Å². The van der Waals surface area contributed by atoms with Crippen LogP contribution in [0.4, 0.5) is 0 Å². The zero-order valence-corrected chi connectivity index (χ0v) is 11.8. The summed E-state index contributed by atoms with van der Waals surface area (Å²) in [7, 11) is 0. The first-order chi connectivity index (χ1) is 9.08. The average molecular weight is 295 g/mol. The van der Waals surface area contributed by atoms with E-state index in [4.69, 9.17) is 27.9 Å². The van der Waals surface area contributed by atoms with Crippen LogP contribution in [0.25, 0.3) is 0 Å². The first kappa shape index (κ1) is 13.9. The van der Waals surface area contributed by atoms with E-state index in [0.29, 0.717) is 21.4 Å². The number of halogens is 2. The monoisotopic (exact) mass is 294 g/mol. The molecule has 0 fully saturated rings. The van der Waals surface area contributed by atoms with E-state index in [-0.39, 0.29) is 12.4 Å². The van der Waals surface area contributed by atoms with E-state index in [9.17, 15) is 4.79 Å². The highest BCUT2D eigenvalue weighted by atomic mass is 35.5. The van der Waals surface area contributed by atoms with Crippen LogP contribution >= 0.6 is 23.2 Å². The summed E-state index contributed by atoms with van der Waals surface area (Å²) in [5.74, 6) is 0.696. The smallest absolute Gasteiger partial charge is 0.159 e. The summed E-state index contributed by atoms with van der Waals surface area (Å²) in [6, 6.07) is 12.3. The summed E-state index contributed by atoms with van der Waals surface area (Å²) in [5.41, 5.74) is 1.41. The molecule has 0 N–H and O–H groups in total. The number of ketones is 1. The number of hydrogen-bond acceptors (Lipinski definition) is 2. The largest absolute Gasteiger partial charge is 0.489 e. The Balaban J connectivity index is 2.08. The van der Waals surface area contributed by atoms with Crippen LogP contribution < -0.4 is 4.74 Å². The van der Waals surface area contributed by atoms with Crippen LogP contribution in [-0.2, 0) is 6.61 Å². The van der Waals surface area contributed by atoms with Crippen molar-refractivity contribution in [2.45, 2.75) is 13.5 Å². The van der Waals surface area contributed by atoms with E-state index in [1.807, 2.05) is 0 Å². The average Bonchev–Trinajstić information content (AvgIpc) is 2.38. The van der Waals surface area contributed by atoms with Crippen LogP contribution in [0, 0.1) is 0 Å². The van der Waals surface area contributed by atoms with Gasteiger partial charge in [-0.25, -0.2) is 0 Å². The number of rotatable bonds is 4. The molecule has 0 spiro atoms. The van der Waals surface area contributed by atoms with Gasteiger partial charge in [0.05, 0.1) is 0 Å². The highest BCUT2D eigenvalue weighted by Gasteiger charge is 2.06. The zero-order chi connectivity index (χ0) is 13.8. The molecule has 0 amide bonds. The Kier molecular flexibility index (Phi) is 4.46. The molecule has 0 aliphatic heterocycles. The van der Waals surface area contributed by atoms with Gasteiger partial charge in [0.1, 0.15) is 12.4 Å². The molecule has 2 aromatic rings. The number of benzene rings is 2. The summed E-state index contributed by atoms with van der Waals surface area (Å²) in [6.07, 6.45) is 0. The third kappa shape index (κ3) is 3.49. The zero-order valence-electron chi connectivity index (χ0n) is 10.3. The lowest BCUT2D eigenvalue weighted by molar-refractivity contribution is 0.101. The normalized spacial score (nSPS) is 10.3. The first-order valence-electron chi connectivity index (χ1n) is 5.74. The number of hydrogen-bond donors (Lipinski definition) is 0. The van der Waals surface area contributed by atoms with Gasteiger partial charge in [-0.15, -0.1) is 0 Å². The standard InChI is InChI=1S/C15H12Cl2O2/c1-10(18)11-5-7-12(8-6-11)19-9-13-14(16)3-2-4-15(13)17/h2-8H,9H2,1H3. The molecule has 2 rings (SSSR count). The van der Waals surface area contributed by atoms with Crippen molar-refractivity contribution in [1.82, 2.24) is 0 Å². The Labute approximate surface area is 121 Å². The Bertz CT molecular complexity index is 571. The molecule has 0 radical (unpaired) electrons. The second kappa shape index (κ2) is 6.09. The maximum atomic E-state index is 11.1. The molecule has 0 heterocycles. The van der Waals surface area contributed by atoms with Crippen molar-refractivity contribution < 1.29 is 9.53 Å². The molecule has 0 aromatic heterocycles. The number of carbonyl (C=O) groups is 1. The Morgan fingerprint density at radius 1 is 1.05 bits per heavy atom. The second-order valence-electron chi connectivity index (χ2n) is 4.07. The van der Waals surface area contributed by atoms with Crippen LogP contribution in [0.1, 0.15) is 22.8 Å². The van der Waals surface area contributed by atoms with E-state index >= 15 is 0 Å². The van der Waals surface area contributed by atoms with E-state index < -0.39 is 0 Å². The fourth-order valence-corrected chi connectivity index (χ4v) is 2.12. The minimum Gasteiger partial charge on any atom is -0.489 e. The van der Waals surface area contributed by atoms with Crippen LogP contribution in [0.15, 0.2) is 42.5 Å². The molecule has 4 heteroatoms. The topological polar surface area (TPSA) is 26.3 Å². The van der Waals surface area contributed by atoms with Crippen molar-refractivity contribution in [2.24, 2.45) is 0 Å². The number of Topliss-reactive ketones (excluding diaryl/α,β-unsaturated/α-hetero) is 1. The second-order valence-corrected chi connectivity index (χ2v) is 4.88. The van der Waals surface area contributed by atoms with E-state index in [1.165, 1.54) is 6.92 Å². The van der Waals surface area contributed by atoms with Crippen molar-refractivity contribution in [3.8, 4) is 5.75 Å². The maximum Gasteiger partial charge on any atom is 0.159 e. The van der Waals surface area contributed by atoms with Crippen LogP contribution in [0.5, 0.6) is 5.75 Å². The van der Waals surface area contributed by atoms with Gasteiger partial charge in [-0.05, 0) is 43.3 Å². The summed E-state index contributed by atoms with van der Waals surface area (Å²) in [5, 5.41) is 1.15. The molecule has 0 aliphatic rings.